The smallest absolute Gasteiger partial charge is 0.185 e. The quantitative estimate of drug-likeness (QED) is 0.668. The van der Waals surface area contributed by atoms with E-state index in [-0.39, 0.29) is 0 Å². The van der Waals surface area contributed by atoms with Gasteiger partial charge in [0.05, 0.1) is 5.52 Å². The molecule has 0 aromatic carbocycles. The van der Waals surface area contributed by atoms with Crippen molar-refractivity contribution in [1.82, 2.24) is 24.3 Å². The van der Waals surface area contributed by atoms with Crippen LogP contribution in [-0.2, 0) is 7.05 Å². The molecule has 0 fully saturated rings. The Bertz CT molecular complexity index is 749. The molecule has 1 N–H and O–H groups in total. The van der Waals surface area contributed by atoms with Crippen molar-refractivity contribution < 1.29 is 0 Å². The first-order valence-electron chi connectivity index (χ1n) is 5.22. The minimum atomic E-state index is 0.608. The van der Waals surface area contributed by atoms with E-state index in [0.717, 1.165) is 22.5 Å². The second-order valence-corrected chi connectivity index (χ2v) is 4.38. The number of aromatic amines is 1. The molecule has 0 bridgehead atoms. The molecule has 86 valence electrons. The summed E-state index contributed by atoms with van der Waals surface area (Å²) in [6.07, 6.45) is 3.70. The van der Waals surface area contributed by atoms with Crippen LogP contribution in [0, 0.1) is 11.7 Å². The highest BCUT2D eigenvalue weighted by Crippen LogP contribution is 2.16. The van der Waals surface area contributed by atoms with Gasteiger partial charge in [-0.15, -0.1) is 0 Å². The Morgan fingerprint density at radius 2 is 2.24 bits per heavy atom. The van der Waals surface area contributed by atoms with Gasteiger partial charge in [-0.3, -0.25) is 9.25 Å². The zero-order valence-corrected chi connectivity index (χ0v) is 10.3. The largest absolute Gasteiger partial charge is 0.329 e. The number of aromatic nitrogens is 5. The van der Waals surface area contributed by atoms with Crippen LogP contribution in [-0.4, -0.2) is 24.3 Å². The van der Waals surface area contributed by atoms with E-state index in [1.165, 1.54) is 0 Å². The highest BCUT2D eigenvalue weighted by atomic mass is 32.1. The van der Waals surface area contributed by atoms with Crippen LogP contribution in [0.1, 0.15) is 5.56 Å². The molecule has 3 aromatic heterocycles. The summed E-state index contributed by atoms with van der Waals surface area (Å²) in [7, 11) is 1.87. The van der Waals surface area contributed by atoms with Crippen molar-refractivity contribution in [2.24, 2.45) is 7.05 Å². The molecule has 0 aliphatic carbocycles. The highest BCUT2D eigenvalue weighted by Gasteiger charge is 2.09. The summed E-state index contributed by atoms with van der Waals surface area (Å²) in [6, 6.07) is 3.93. The number of hydrogen-bond acceptors (Lipinski definition) is 3. The molecule has 0 saturated carbocycles. The molecule has 6 heteroatoms. The Balaban J connectivity index is 2.36. The summed E-state index contributed by atoms with van der Waals surface area (Å²) in [5.41, 5.74) is 2.84. The summed E-state index contributed by atoms with van der Waals surface area (Å²) >= 11 is 5.31. The minimum Gasteiger partial charge on any atom is -0.329 e. The molecule has 0 radical (unpaired) electrons. The summed E-state index contributed by atoms with van der Waals surface area (Å²) in [5, 5.41) is 4.34. The summed E-state index contributed by atoms with van der Waals surface area (Å²) in [6.45, 7) is 2.00. The Labute approximate surface area is 103 Å². The van der Waals surface area contributed by atoms with Gasteiger partial charge in [-0.25, -0.2) is 4.98 Å². The molecule has 0 atom stereocenters. The average Bonchev–Trinajstić information content (AvgIpc) is 2.80. The molecule has 17 heavy (non-hydrogen) atoms. The number of imidazole rings is 1. The van der Waals surface area contributed by atoms with Gasteiger partial charge in [-0.1, -0.05) is 0 Å². The van der Waals surface area contributed by atoms with Crippen LogP contribution in [0.15, 0.2) is 24.5 Å². The Hall–Kier alpha value is -1.95. The van der Waals surface area contributed by atoms with Gasteiger partial charge in [0.2, 0.25) is 0 Å². The third-order valence-corrected chi connectivity index (χ3v) is 2.87. The molecule has 0 spiro atoms. The summed E-state index contributed by atoms with van der Waals surface area (Å²) in [4.78, 5) is 7.54. The maximum Gasteiger partial charge on any atom is 0.185 e. The SMILES string of the molecule is Cc1cnc2c(c1)[nH]c(=S)n2-c1ccn(C)n1. The van der Waals surface area contributed by atoms with Gasteiger partial charge in [0, 0.05) is 25.5 Å². The first-order valence-corrected chi connectivity index (χ1v) is 5.63. The number of pyridine rings is 1. The molecule has 3 rings (SSSR count). The van der Waals surface area contributed by atoms with Crippen LogP contribution >= 0.6 is 12.2 Å². The second-order valence-electron chi connectivity index (χ2n) is 4.00. The molecule has 0 aliphatic heterocycles. The molecule has 0 aliphatic rings. The number of aryl methyl sites for hydroxylation is 2. The van der Waals surface area contributed by atoms with Crippen LogP contribution in [0.4, 0.5) is 0 Å². The molecule has 5 nitrogen and oxygen atoms in total. The van der Waals surface area contributed by atoms with Gasteiger partial charge in [0.15, 0.2) is 16.2 Å². The lowest BCUT2D eigenvalue weighted by atomic mass is 10.3. The van der Waals surface area contributed by atoms with Gasteiger partial charge >= 0.3 is 0 Å². The van der Waals surface area contributed by atoms with Gasteiger partial charge < -0.3 is 4.98 Å². The third kappa shape index (κ3) is 1.57. The molecular formula is C11H11N5S. The standard InChI is InChI=1S/C11H11N5S/c1-7-5-8-10(12-6-7)16(11(17)13-8)9-3-4-15(2)14-9/h3-6H,1-2H3,(H,13,17). The Morgan fingerprint density at radius 1 is 1.41 bits per heavy atom. The molecule has 0 amide bonds. The number of fused-ring (bicyclic) bond motifs is 1. The number of nitrogens with zero attached hydrogens (tertiary/aromatic N) is 4. The number of hydrogen-bond donors (Lipinski definition) is 1. The predicted octanol–water partition coefficient (Wildman–Crippen LogP) is 2.13. The van der Waals surface area contributed by atoms with E-state index >= 15 is 0 Å². The van der Waals surface area contributed by atoms with Crippen molar-refractivity contribution >= 4 is 23.4 Å². The molecule has 3 aromatic rings. The fourth-order valence-electron chi connectivity index (χ4n) is 1.83. The van der Waals surface area contributed by atoms with Gasteiger partial charge in [0.1, 0.15) is 0 Å². The predicted molar refractivity (Wildman–Crippen MR) is 67.8 cm³/mol. The summed E-state index contributed by atoms with van der Waals surface area (Å²) < 4.78 is 4.19. The van der Waals surface area contributed by atoms with Crippen molar-refractivity contribution in [1.29, 1.82) is 0 Å². The summed E-state index contributed by atoms with van der Waals surface area (Å²) in [5.74, 6) is 0.778. The molecule has 0 saturated heterocycles. The van der Waals surface area contributed by atoms with Crippen molar-refractivity contribution in [2.45, 2.75) is 6.92 Å². The fraction of sp³-hybridized carbons (Fsp3) is 0.182. The third-order valence-electron chi connectivity index (χ3n) is 2.59. The fourth-order valence-corrected chi connectivity index (χ4v) is 2.12. The molecule has 3 heterocycles. The first kappa shape index (κ1) is 10.2. The van der Waals surface area contributed by atoms with Crippen LogP contribution in [0.25, 0.3) is 17.0 Å². The average molecular weight is 245 g/mol. The van der Waals surface area contributed by atoms with Crippen molar-refractivity contribution in [2.75, 3.05) is 0 Å². The monoisotopic (exact) mass is 245 g/mol. The van der Waals surface area contributed by atoms with Crippen molar-refractivity contribution in [3.63, 3.8) is 0 Å². The minimum absolute atomic E-state index is 0.608. The van der Waals surface area contributed by atoms with E-state index in [0.29, 0.717) is 4.77 Å². The first-order chi connectivity index (χ1) is 8.15. The van der Waals surface area contributed by atoms with E-state index < -0.39 is 0 Å². The van der Waals surface area contributed by atoms with Gasteiger partial charge in [0.25, 0.3) is 0 Å². The zero-order chi connectivity index (χ0) is 12.0. The molecular weight excluding hydrogens is 234 g/mol. The molecule has 0 unspecified atom stereocenters. The number of rotatable bonds is 1. The lowest BCUT2D eigenvalue weighted by Gasteiger charge is -1.98. The highest BCUT2D eigenvalue weighted by molar-refractivity contribution is 7.71. The van der Waals surface area contributed by atoms with E-state index in [9.17, 15) is 0 Å². The van der Waals surface area contributed by atoms with E-state index in [1.807, 2.05) is 43.1 Å². The Kier molecular flexibility index (Phi) is 2.12. The lowest BCUT2D eigenvalue weighted by Crippen LogP contribution is -1.98. The topological polar surface area (TPSA) is 51.4 Å². The van der Waals surface area contributed by atoms with Crippen LogP contribution in [0.5, 0.6) is 0 Å². The van der Waals surface area contributed by atoms with Crippen molar-refractivity contribution in [3.05, 3.63) is 34.9 Å². The van der Waals surface area contributed by atoms with Gasteiger partial charge in [-0.05, 0) is 30.8 Å². The van der Waals surface area contributed by atoms with Gasteiger partial charge in [-0.2, -0.15) is 5.10 Å². The van der Waals surface area contributed by atoms with E-state index in [2.05, 4.69) is 15.1 Å². The van der Waals surface area contributed by atoms with Crippen LogP contribution < -0.4 is 0 Å². The van der Waals surface area contributed by atoms with Crippen LogP contribution in [0.2, 0.25) is 0 Å². The Morgan fingerprint density at radius 3 is 2.94 bits per heavy atom. The maximum absolute atomic E-state index is 5.31. The second kappa shape index (κ2) is 3.53. The zero-order valence-electron chi connectivity index (χ0n) is 9.51. The van der Waals surface area contributed by atoms with Crippen LogP contribution in [0.3, 0.4) is 0 Å². The lowest BCUT2D eigenvalue weighted by molar-refractivity contribution is 0.751. The van der Waals surface area contributed by atoms with Crippen molar-refractivity contribution in [3.8, 4) is 5.82 Å². The maximum atomic E-state index is 5.31. The van der Waals surface area contributed by atoms with E-state index in [1.54, 1.807) is 4.68 Å². The number of H-pyrrole nitrogens is 1. The van der Waals surface area contributed by atoms with E-state index in [4.69, 9.17) is 12.2 Å². The normalized spacial score (nSPS) is 11.2. The number of nitrogens with one attached hydrogen (secondary N) is 1.